The van der Waals surface area contributed by atoms with Gasteiger partial charge < -0.3 is 9.53 Å². The van der Waals surface area contributed by atoms with E-state index in [0.717, 1.165) is 12.0 Å². The average Bonchev–Trinajstić information content (AvgIpc) is 2.88. The second-order valence-corrected chi connectivity index (χ2v) is 13.1. The summed E-state index contributed by atoms with van der Waals surface area (Å²) in [4.78, 5) is 13.8. The van der Waals surface area contributed by atoms with Gasteiger partial charge in [-0.15, -0.1) is 0 Å². The van der Waals surface area contributed by atoms with Crippen LogP contribution in [0.4, 0.5) is 0 Å². The predicted molar refractivity (Wildman–Crippen MR) is 99.6 cm³/mol. The van der Waals surface area contributed by atoms with Crippen molar-refractivity contribution >= 4 is 14.3 Å². The second-order valence-electron chi connectivity index (χ2n) is 8.31. The van der Waals surface area contributed by atoms with Gasteiger partial charge in [0.1, 0.15) is 6.04 Å². The molecule has 1 saturated heterocycles. The molecule has 1 aliphatic rings. The highest BCUT2D eigenvalue weighted by Gasteiger charge is 2.41. The summed E-state index contributed by atoms with van der Waals surface area (Å²) in [5, 5.41) is 9.73. The zero-order valence-corrected chi connectivity index (χ0v) is 16.6. The molecule has 1 fully saturated rings. The molecular weight excluding hydrogens is 318 g/mol. The predicted octanol–water partition coefficient (Wildman–Crippen LogP) is 4.13. The third-order valence-electron chi connectivity index (χ3n) is 5.58. The highest BCUT2D eigenvalue weighted by molar-refractivity contribution is 6.74. The van der Waals surface area contributed by atoms with Gasteiger partial charge in [-0.2, -0.15) is 0 Å². The van der Waals surface area contributed by atoms with E-state index < -0.39 is 20.3 Å². The first-order valence-electron chi connectivity index (χ1n) is 8.78. The molecule has 1 aromatic carbocycles. The van der Waals surface area contributed by atoms with Crippen molar-refractivity contribution in [3.05, 3.63) is 35.9 Å². The van der Waals surface area contributed by atoms with Crippen molar-refractivity contribution in [2.45, 2.75) is 70.4 Å². The number of benzene rings is 1. The molecule has 2 rings (SSSR count). The number of rotatable bonds is 6. The molecule has 5 heteroatoms. The first-order chi connectivity index (χ1) is 11.1. The summed E-state index contributed by atoms with van der Waals surface area (Å²) in [6.07, 6.45) is 1.59. The molecule has 0 aliphatic carbocycles. The quantitative estimate of drug-likeness (QED) is 0.785. The van der Waals surface area contributed by atoms with Gasteiger partial charge in [-0.25, -0.2) is 0 Å². The molecule has 0 aromatic heterocycles. The number of nitrogens with zero attached hydrogens (tertiary/aromatic N) is 1. The lowest BCUT2D eigenvalue weighted by Crippen LogP contribution is -2.47. The number of hydrogen-bond donors (Lipinski definition) is 1. The maximum absolute atomic E-state index is 11.6. The van der Waals surface area contributed by atoms with Gasteiger partial charge in [0, 0.05) is 19.2 Å². The fraction of sp³-hybridized carbons (Fsp3) is 0.632. The topological polar surface area (TPSA) is 49.8 Å². The minimum Gasteiger partial charge on any atom is -0.480 e. The molecule has 0 spiro atoms. The van der Waals surface area contributed by atoms with Crippen LogP contribution in [-0.2, 0) is 15.8 Å². The number of aliphatic carboxylic acids is 1. The van der Waals surface area contributed by atoms with E-state index in [1.165, 1.54) is 0 Å². The Morgan fingerprint density at radius 1 is 1.25 bits per heavy atom. The fourth-order valence-corrected chi connectivity index (χ4v) is 3.98. The van der Waals surface area contributed by atoms with Crippen molar-refractivity contribution < 1.29 is 14.3 Å². The Morgan fingerprint density at radius 2 is 1.88 bits per heavy atom. The summed E-state index contributed by atoms with van der Waals surface area (Å²) in [5.74, 6) is -0.722. The van der Waals surface area contributed by atoms with E-state index in [-0.39, 0.29) is 11.1 Å². The molecule has 0 amide bonds. The minimum absolute atomic E-state index is 0.169. The van der Waals surface area contributed by atoms with Gasteiger partial charge in [0.25, 0.3) is 0 Å². The SMILES string of the molecule is CC(C)(C)[Si](C)(C)OC[C@H]1CC[C@@H](C(=O)O)N1Cc1ccccc1. The zero-order chi connectivity index (χ0) is 18.0. The molecule has 2 atom stereocenters. The second kappa shape index (κ2) is 7.38. The third kappa shape index (κ3) is 4.46. The van der Waals surface area contributed by atoms with Crippen LogP contribution in [0.3, 0.4) is 0 Å². The molecule has 134 valence electrons. The first-order valence-corrected chi connectivity index (χ1v) is 11.7. The summed E-state index contributed by atoms with van der Waals surface area (Å²) in [6, 6.07) is 9.88. The highest BCUT2D eigenvalue weighted by Crippen LogP contribution is 2.37. The fourth-order valence-electron chi connectivity index (χ4n) is 2.94. The smallest absolute Gasteiger partial charge is 0.320 e. The van der Waals surface area contributed by atoms with Gasteiger partial charge in [0.2, 0.25) is 0 Å². The molecular formula is C19H31NO3Si. The summed E-state index contributed by atoms with van der Waals surface area (Å²) in [7, 11) is -1.82. The molecule has 1 heterocycles. The Labute approximate surface area is 147 Å². The Bertz CT molecular complexity index is 553. The molecule has 1 aliphatic heterocycles. The number of carboxylic acid groups (broad SMARTS) is 1. The standard InChI is InChI=1S/C19H31NO3Si/c1-19(2,3)24(4,5)23-14-16-11-12-17(18(21)22)20(16)13-15-9-7-6-8-10-15/h6-10,16-17H,11-14H2,1-5H3,(H,21,22)/t16-,17+/m1/s1. The van der Waals surface area contributed by atoms with Gasteiger partial charge >= 0.3 is 5.97 Å². The third-order valence-corrected chi connectivity index (χ3v) is 10.1. The van der Waals surface area contributed by atoms with E-state index in [2.05, 4.69) is 50.9 Å². The highest BCUT2D eigenvalue weighted by atomic mass is 28.4. The Morgan fingerprint density at radius 3 is 2.42 bits per heavy atom. The van der Waals surface area contributed by atoms with Crippen molar-refractivity contribution in [2.24, 2.45) is 0 Å². The van der Waals surface area contributed by atoms with Gasteiger partial charge in [-0.1, -0.05) is 51.1 Å². The van der Waals surface area contributed by atoms with Crippen LogP contribution < -0.4 is 0 Å². The number of hydrogen-bond acceptors (Lipinski definition) is 3. The summed E-state index contributed by atoms with van der Waals surface area (Å²) >= 11 is 0. The van der Waals surface area contributed by atoms with Crippen LogP contribution in [0.25, 0.3) is 0 Å². The van der Waals surface area contributed by atoms with Crippen molar-refractivity contribution in [3.63, 3.8) is 0 Å². The molecule has 0 saturated carbocycles. The lowest BCUT2D eigenvalue weighted by molar-refractivity contribution is -0.143. The summed E-state index contributed by atoms with van der Waals surface area (Å²) in [5.41, 5.74) is 1.16. The Hall–Kier alpha value is -1.17. The normalized spacial score (nSPS) is 22.7. The zero-order valence-electron chi connectivity index (χ0n) is 15.6. The van der Waals surface area contributed by atoms with Crippen LogP contribution in [-0.4, -0.2) is 43.0 Å². The lowest BCUT2D eigenvalue weighted by Gasteiger charge is -2.38. The van der Waals surface area contributed by atoms with Crippen molar-refractivity contribution in [2.75, 3.05) is 6.61 Å². The van der Waals surface area contributed by atoms with E-state index in [1.54, 1.807) is 0 Å². The molecule has 0 unspecified atom stereocenters. The Kier molecular flexibility index (Phi) is 5.89. The largest absolute Gasteiger partial charge is 0.480 e. The summed E-state index contributed by atoms with van der Waals surface area (Å²) in [6.45, 7) is 12.5. The molecule has 4 nitrogen and oxygen atoms in total. The molecule has 0 radical (unpaired) electrons. The maximum atomic E-state index is 11.6. The molecule has 24 heavy (non-hydrogen) atoms. The van der Waals surface area contributed by atoms with Crippen LogP contribution in [0.1, 0.15) is 39.2 Å². The molecule has 1 N–H and O–H groups in total. The van der Waals surface area contributed by atoms with Crippen molar-refractivity contribution in [1.82, 2.24) is 4.90 Å². The van der Waals surface area contributed by atoms with Gasteiger partial charge in [0.05, 0.1) is 0 Å². The average molecular weight is 350 g/mol. The molecule has 0 bridgehead atoms. The maximum Gasteiger partial charge on any atom is 0.320 e. The van der Waals surface area contributed by atoms with Crippen LogP contribution >= 0.6 is 0 Å². The van der Waals surface area contributed by atoms with Crippen molar-refractivity contribution in [3.8, 4) is 0 Å². The van der Waals surface area contributed by atoms with Crippen LogP contribution in [0.15, 0.2) is 30.3 Å². The lowest BCUT2D eigenvalue weighted by atomic mass is 10.2. The molecule has 1 aromatic rings. The monoisotopic (exact) mass is 349 g/mol. The Balaban J connectivity index is 2.08. The number of carboxylic acids is 1. The van der Waals surface area contributed by atoms with Gasteiger partial charge in [0.15, 0.2) is 8.32 Å². The van der Waals surface area contributed by atoms with E-state index in [1.807, 2.05) is 18.2 Å². The van der Waals surface area contributed by atoms with Crippen LogP contribution in [0, 0.1) is 0 Å². The van der Waals surface area contributed by atoms with Crippen LogP contribution in [0.2, 0.25) is 18.1 Å². The van der Waals surface area contributed by atoms with Gasteiger partial charge in [-0.3, -0.25) is 9.69 Å². The minimum atomic E-state index is -1.82. The van der Waals surface area contributed by atoms with E-state index >= 15 is 0 Å². The van der Waals surface area contributed by atoms with E-state index in [4.69, 9.17) is 4.43 Å². The van der Waals surface area contributed by atoms with Gasteiger partial charge in [-0.05, 0) is 36.5 Å². The van der Waals surface area contributed by atoms with E-state index in [9.17, 15) is 9.90 Å². The summed E-state index contributed by atoms with van der Waals surface area (Å²) < 4.78 is 6.38. The van der Waals surface area contributed by atoms with E-state index in [0.29, 0.717) is 19.6 Å². The van der Waals surface area contributed by atoms with Crippen LogP contribution in [0.5, 0.6) is 0 Å². The van der Waals surface area contributed by atoms with Crippen molar-refractivity contribution in [1.29, 1.82) is 0 Å². The first kappa shape index (κ1) is 19.2. The number of likely N-dealkylation sites (tertiary alicyclic amines) is 1. The number of carbonyl (C=O) groups is 1.